The van der Waals surface area contributed by atoms with Crippen molar-refractivity contribution in [3.05, 3.63) is 48.6 Å². The van der Waals surface area contributed by atoms with Crippen LogP contribution in [0.25, 0.3) is 0 Å². The van der Waals surface area contributed by atoms with Crippen LogP contribution in [0.1, 0.15) is 31.2 Å². The molecule has 1 aromatic rings. The molecule has 2 nitrogen and oxygen atoms in total. The molecule has 1 fully saturated rings. The monoisotopic (exact) mass is 254 g/mol. The molecule has 1 N–H and O–H groups in total. The number of carbonyl (C=O) groups excluding carboxylic acids is 1. The van der Waals surface area contributed by atoms with Crippen LogP contribution in [-0.4, -0.2) is 10.9 Å². The molecule has 0 bridgehead atoms. The molecule has 1 aliphatic carbocycles. The molecule has 4 heteroatoms. The predicted molar refractivity (Wildman–Crippen MR) is 65.0 cm³/mol. The second-order valence-corrected chi connectivity index (χ2v) is 4.23. The van der Waals surface area contributed by atoms with E-state index in [0.29, 0.717) is 0 Å². The number of hydrogen-bond acceptors (Lipinski definition) is 2. The molecule has 98 valence electrons. The average Bonchev–Trinajstić information content (AvgIpc) is 2.34. The van der Waals surface area contributed by atoms with Gasteiger partial charge in [0, 0.05) is 18.9 Å². The van der Waals surface area contributed by atoms with Crippen LogP contribution >= 0.6 is 0 Å². The second kappa shape index (κ2) is 5.87. The highest BCUT2D eigenvalue weighted by molar-refractivity contribution is 5.79. The molecule has 0 atom stereocenters. The maximum absolute atomic E-state index is 13.0. The van der Waals surface area contributed by atoms with Crippen LogP contribution in [0.3, 0.4) is 0 Å². The Morgan fingerprint density at radius 2 is 1.50 bits per heavy atom. The van der Waals surface area contributed by atoms with Crippen molar-refractivity contribution in [2.24, 2.45) is 0 Å². The van der Waals surface area contributed by atoms with Gasteiger partial charge >= 0.3 is 0 Å². The van der Waals surface area contributed by atoms with Crippen molar-refractivity contribution in [2.75, 3.05) is 0 Å². The molecule has 1 aliphatic rings. The minimum Gasteiger partial charge on any atom is -0.385 e. The molecular formula is C14H16F2O2. The molecule has 1 saturated carbocycles. The summed E-state index contributed by atoms with van der Waals surface area (Å²) in [6.45, 7) is 6.00. The van der Waals surface area contributed by atoms with Gasteiger partial charge in [0.05, 0.1) is 5.60 Å². The van der Waals surface area contributed by atoms with Gasteiger partial charge in [0.15, 0.2) is 0 Å². The van der Waals surface area contributed by atoms with Crippen molar-refractivity contribution in [1.82, 2.24) is 0 Å². The Labute approximate surface area is 105 Å². The highest BCUT2D eigenvalue weighted by Gasteiger charge is 2.34. The molecular weight excluding hydrogens is 238 g/mol. The third kappa shape index (κ3) is 3.23. The molecule has 0 amide bonds. The van der Waals surface area contributed by atoms with Gasteiger partial charge in [-0.05, 0) is 30.5 Å². The lowest BCUT2D eigenvalue weighted by Crippen LogP contribution is -2.31. The molecule has 0 aromatic heterocycles. The van der Waals surface area contributed by atoms with E-state index in [4.69, 9.17) is 0 Å². The minimum absolute atomic E-state index is 0.0848. The van der Waals surface area contributed by atoms with Gasteiger partial charge in [-0.25, -0.2) is 8.78 Å². The van der Waals surface area contributed by atoms with Crippen molar-refractivity contribution < 1.29 is 18.7 Å². The predicted octanol–water partition coefficient (Wildman–Crippen LogP) is 3.10. The van der Waals surface area contributed by atoms with Gasteiger partial charge in [0.2, 0.25) is 0 Å². The molecule has 0 saturated heterocycles. The third-order valence-corrected chi connectivity index (χ3v) is 3.03. The third-order valence-electron chi connectivity index (χ3n) is 3.03. The Kier molecular flexibility index (Phi) is 4.73. The maximum Gasteiger partial charge on any atom is 0.133 e. The average molecular weight is 254 g/mol. The number of carbonyl (C=O) groups is 1. The largest absolute Gasteiger partial charge is 0.385 e. The van der Waals surface area contributed by atoms with Crippen molar-refractivity contribution in [2.45, 2.75) is 31.3 Å². The van der Waals surface area contributed by atoms with Crippen LogP contribution in [0.5, 0.6) is 0 Å². The van der Waals surface area contributed by atoms with E-state index in [2.05, 4.69) is 13.2 Å². The van der Waals surface area contributed by atoms with Crippen LogP contribution in [0.2, 0.25) is 0 Å². The SMILES string of the molecule is C=C.O=C1CCC(O)(c2cc(F)cc(F)c2)CC1. The first-order valence-corrected chi connectivity index (χ1v) is 5.70. The Hall–Kier alpha value is -1.55. The van der Waals surface area contributed by atoms with Crippen LogP contribution < -0.4 is 0 Å². The number of halogens is 2. The van der Waals surface area contributed by atoms with Gasteiger partial charge in [-0.15, -0.1) is 13.2 Å². The smallest absolute Gasteiger partial charge is 0.133 e. The lowest BCUT2D eigenvalue weighted by molar-refractivity contribution is -0.125. The number of hydrogen-bond donors (Lipinski definition) is 1. The van der Waals surface area contributed by atoms with Gasteiger partial charge in [-0.1, -0.05) is 0 Å². The van der Waals surface area contributed by atoms with Crippen LogP contribution in [0.15, 0.2) is 31.4 Å². The van der Waals surface area contributed by atoms with Gasteiger partial charge in [-0.3, -0.25) is 4.79 Å². The second-order valence-electron chi connectivity index (χ2n) is 4.23. The first-order valence-electron chi connectivity index (χ1n) is 5.70. The topological polar surface area (TPSA) is 37.3 Å². The zero-order chi connectivity index (χ0) is 13.8. The zero-order valence-corrected chi connectivity index (χ0v) is 10.1. The van der Waals surface area contributed by atoms with Crippen LogP contribution in [0, 0.1) is 11.6 Å². The molecule has 18 heavy (non-hydrogen) atoms. The molecule has 0 radical (unpaired) electrons. The molecule has 1 aromatic carbocycles. The summed E-state index contributed by atoms with van der Waals surface area (Å²) in [4.78, 5) is 11.1. The number of benzene rings is 1. The quantitative estimate of drug-likeness (QED) is 0.782. The fraction of sp³-hybridized carbons (Fsp3) is 0.357. The molecule has 0 heterocycles. The highest BCUT2D eigenvalue weighted by atomic mass is 19.1. The van der Waals surface area contributed by atoms with Crippen LogP contribution in [0.4, 0.5) is 8.78 Å². The number of ketones is 1. The fourth-order valence-electron chi connectivity index (χ4n) is 2.05. The fourth-order valence-corrected chi connectivity index (χ4v) is 2.05. The summed E-state index contributed by atoms with van der Waals surface area (Å²) in [6.07, 6.45) is 0.979. The molecule has 0 unspecified atom stereocenters. The normalized spacial score (nSPS) is 17.8. The van der Waals surface area contributed by atoms with Gasteiger partial charge in [0.25, 0.3) is 0 Å². The van der Waals surface area contributed by atoms with Crippen molar-refractivity contribution in [3.8, 4) is 0 Å². The summed E-state index contributed by atoms with van der Waals surface area (Å²) >= 11 is 0. The summed E-state index contributed by atoms with van der Waals surface area (Å²) in [5.41, 5.74) is -1.05. The summed E-state index contributed by atoms with van der Waals surface area (Å²) in [5, 5.41) is 10.2. The summed E-state index contributed by atoms with van der Waals surface area (Å²) < 4.78 is 26.0. The van der Waals surface area contributed by atoms with Gasteiger partial charge < -0.3 is 5.11 Å². The Balaban J connectivity index is 0.000000771. The van der Waals surface area contributed by atoms with Crippen molar-refractivity contribution in [3.63, 3.8) is 0 Å². The Bertz CT molecular complexity index is 413. The summed E-state index contributed by atoms with van der Waals surface area (Å²) in [5.74, 6) is -1.33. The summed E-state index contributed by atoms with van der Waals surface area (Å²) in [7, 11) is 0. The van der Waals surface area contributed by atoms with E-state index >= 15 is 0 Å². The standard InChI is InChI=1S/C12H12F2O2.C2H4/c13-9-5-8(6-10(14)7-9)12(16)3-1-11(15)2-4-12;1-2/h5-7,16H,1-4H2;1-2H2. The van der Waals surface area contributed by atoms with E-state index in [1.165, 1.54) is 0 Å². The van der Waals surface area contributed by atoms with E-state index < -0.39 is 17.2 Å². The Morgan fingerprint density at radius 1 is 1.06 bits per heavy atom. The first-order chi connectivity index (χ1) is 8.49. The van der Waals surface area contributed by atoms with Gasteiger partial charge in [0.1, 0.15) is 17.4 Å². The molecule has 0 spiro atoms. The Morgan fingerprint density at radius 3 is 1.94 bits per heavy atom. The van der Waals surface area contributed by atoms with E-state index in [-0.39, 0.29) is 37.0 Å². The molecule has 2 rings (SSSR count). The van der Waals surface area contributed by atoms with Crippen molar-refractivity contribution in [1.29, 1.82) is 0 Å². The maximum atomic E-state index is 13.0. The van der Waals surface area contributed by atoms with E-state index in [1.807, 2.05) is 0 Å². The number of rotatable bonds is 1. The number of aliphatic hydroxyl groups is 1. The lowest BCUT2D eigenvalue weighted by Gasteiger charge is -2.31. The first kappa shape index (κ1) is 14.5. The number of Topliss-reactive ketones (excluding diaryl/α,β-unsaturated/α-hetero) is 1. The highest BCUT2D eigenvalue weighted by Crippen LogP contribution is 2.36. The van der Waals surface area contributed by atoms with E-state index in [9.17, 15) is 18.7 Å². The zero-order valence-electron chi connectivity index (χ0n) is 10.1. The van der Waals surface area contributed by atoms with Gasteiger partial charge in [-0.2, -0.15) is 0 Å². The van der Waals surface area contributed by atoms with E-state index in [1.54, 1.807) is 0 Å². The summed E-state index contributed by atoms with van der Waals surface area (Å²) in [6, 6.07) is 3.01. The minimum atomic E-state index is -1.27. The lowest BCUT2D eigenvalue weighted by atomic mass is 9.79. The molecule has 0 aliphatic heterocycles. The van der Waals surface area contributed by atoms with Crippen LogP contribution in [-0.2, 0) is 10.4 Å². The van der Waals surface area contributed by atoms with E-state index in [0.717, 1.165) is 18.2 Å². The van der Waals surface area contributed by atoms with Crippen molar-refractivity contribution >= 4 is 5.78 Å².